The smallest absolute Gasteiger partial charge is 0.319 e. The van der Waals surface area contributed by atoms with E-state index >= 15 is 0 Å². The van der Waals surface area contributed by atoms with Gasteiger partial charge in [0, 0.05) is 6.42 Å². The van der Waals surface area contributed by atoms with E-state index in [1.165, 1.54) is 11.8 Å². The minimum Gasteiger partial charge on any atom is -0.497 e. The summed E-state index contributed by atoms with van der Waals surface area (Å²) in [7, 11) is 1.63. The molecule has 1 aliphatic rings. The van der Waals surface area contributed by atoms with Crippen molar-refractivity contribution in [3.63, 3.8) is 0 Å². The Morgan fingerprint density at radius 2 is 2.33 bits per heavy atom. The van der Waals surface area contributed by atoms with E-state index in [1.54, 1.807) is 7.11 Å². The zero-order valence-corrected chi connectivity index (χ0v) is 12.3. The molecule has 1 saturated heterocycles. The Morgan fingerprint density at radius 1 is 1.43 bits per heavy atom. The highest BCUT2D eigenvalue weighted by atomic mass is 32.2. The number of thioether (sulfide) groups is 1. The first-order chi connectivity index (χ1) is 10.2. The molecule has 0 spiro atoms. The summed E-state index contributed by atoms with van der Waals surface area (Å²) in [5, 5.41) is 8.12. The van der Waals surface area contributed by atoms with Crippen LogP contribution in [0.1, 0.15) is 17.9 Å². The van der Waals surface area contributed by atoms with Crippen molar-refractivity contribution in [3.05, 3.63) is 35.7 Å². The molecule has 1 aliphatic heterocycles. The van der Waals surface area contributed by atoms with Gasteiger partial charge in [-0.2, -0.15) is 0 Å². The summed E-state index contributed by atoms with van der Waals surface area (Å²) in [6.45, 7) is 0.460. The number of methoxy groups -OCH3 is 1. The average Bonchev–Trinajstić information content (AvgIpc) is 3.10. The highest BCUT2D eigenvalue weighted by Gasteiger charge is 2.29. The number of cyclic esters (lactones) is 1. The van der Waals surface area contributed by atoms with E-state index in [9.17, 15) is 4.79 Å². The van der Waals surface area contributed by atoms with E-state index in [2.05, 4.69) is 10.2 Å². The number of ether oxygens (including phenoxy) is 2. The van der Waals surface area contributed by atoms with Crippen molar-refractivity contribution in [1.29, 1.82) is 0 Å². The summed E-state index contributed by atoms with van der Waals surface area (Å²) in [5.74, 6) is 1.08. The number of esters is 1. The maximum atomic E-state index is 11.4. The molecule has 2 aromatic rings. The van der Waals surface area contributed by atoms with Crippen LogP contribution in [0.5, 0.6) is 5.75 Å². The largest absolute Gasteiger partial charge is 0.497 e. The van der Waals surface area contributed by atoms with Gasteiger partial charge in [-0.1, -0.05) is 12.1 Å². The Balaban J connectivity index is 1.65. The van der Waals surface area contributed by atoms with E-state index < -0.39 is 0 Å². The average molecular weight is 306 g/mol. The van der Waals surface area contributed by atoms with Gasteiger partial charge >= 0.3 is 5.97 Å². The highest BCUT2D eigenvalue weighted by molar-refractivity contribution is 8.00. The van der Waals surface area contributed by atoms with E-state index in [1.807, 2.05) is 24.3 Å². The van der Waals surface area contributed by atoms with E-state index in [0.717, 1.165) is 11.3 Å². The van der Waals surface area contributed by atoms with Gasteiger partial charge in [0.15, 0.2) is 0 Å². The molecular formula is C14H14N2O4S. The number of nitrogens with zero attached hydrogens (tertiary/aromatic N) is 2. The van der Waals surface area contributed by atoms with Crippen molar-refractivity contribution in [2.75, 3.05) is 13.7 Å². The minimum atomic E-state index is -0.241. The Kier molecular flexibility index (Phi) is 4.10. The predicted octanol–water partition coefficient (Wildman–Crippen LogP) is 2.08. The van der Waals surface area contributed by atoms with E-state index in [4.69, 9.17) is 13.9 Å². The Bertz CT molecular complexity index is 643. The fourth-order valence-electron chi connectivity index (χ4n) is 2.02. The molecule has 3 rings (SSSR count). The first-order valence-electron chi connectivity index (χ1n) is 6.53. The van der Waals surface area contributed by atoms with Gasteiger partial charge in [0.2, 0.25) is 5.89 Å². The number of benzene rings is 1. The van der Waals surface area contributed by atoms with Crippen LogP contribution in [0.25, 0.3) is 0 Å². The summed E-state index contributed by atoms with van der Waals surface area (Å²) in [5.41, 5.74) is 1.02. The first kappa shape index (κ1) is 13.9. The molecule has 1 atom stereocenters. The third kappa shape index (κ3) is 3.36. The second kappa shape index (κ2) is 6.17. The highest BCUT2D eigenvalue weighted by Crippen LogP contribution is 2.28. The molecule has 1 aromatic carbocycles. The van der Waals surface area contributed by atoms with Crippen LogP contribution in [0.2, 0.25) is 0 Å². The normalized spacial score (nSPS) is 17.8. The molecule has 0 aliphatic carbocycles. The number of hydrogen-bond acceptors (Lipinski definition) is 7. The van der Waals surface area contributed by atoms with E-state index in [0.29, 0.717) is 30.6 Å². The molecule has 0 amide bonds. The van der Waals surface area contributed by atoms with Gasteiger partial charge in [0.25, 0.3) is 5.22 Å². The lowest BCUT2D eigenvalue weighted by molar-refractivity contribution is -0.137. The quantitative estimate of drug-likeness (QED) is 0.783. The molecule has 110 valence electrons. The molecule has 0 unspecified atom stereocenters. The van der Waals surface area contributed by atoms with Crippen molar-refractivity contribution < 1.29 is 18.7 Å². The van der Waals surface area contributed by atoms with Crippen LogP contribution >= 0.6 is 11.8 Å². The fraction of sp³-hybridized carbons (Fsp3) is 0.357. The third-order valence-electron chi connectivity index (χ3n) is 3.07. The SMILES string of the molecule is COc1cccc(Cc2nnc(S[C@@H]3CCOC3=O)o2)c1. The zero-order valence-electron chi connectivity index (χ0n) is 11.4. The van der Waals surface area contributed by atoms with E-state index in [-0.39, 0.29) is 11.2 Å². The lowest BCUT2D eigenvalue weighted by Crippen LogP contribution is -2.09. The second-order valence-corrected chi connectivity index (χ2v) is 5.71. The summed E-state index contributed by atoms with van der Waals surface area (Å²) in [4.78, 5) is 11.4. The number of aromatic nitrogens is 2. The summed E-state index contributed by atoms with van der Waals surface area (Å²) in [6.07, 6.45) is 1.21. The van der Waals surface area contributed by atoms with Gasteiger partial charge in [-0.15, -0.1) is 10.2 Å². The Morgan fingerprint density at radius 3 is 3.10 bits per heavy atom. The van der Waals surface area contributed by atoms with Crippen molar-refractivity contribution in [2.24, 2.45) is 0 Å². The lowest BCUT2D eigenvalue weighted by Gasteiger charge is -2.02. The van der Waals surface area contributed by atoms with Crippen molar-refractivity contribution in [1.82, 2.24) is 10.2 Å². The molecule has 0 N–H and O–H groups in total. The van der Waals surface area contributed by atoms with Crippen LogP contribution in [0.15, 0.2) is 33.9 Å². The Labute approximate surface area is 125 Å². The molecule has 6 nitrogen and oxygen atoms in total. The second-order valence-electron chi connectivity index (χ2n) is 4.55. The van der Waals surface area contributed by atoms with Crippen LogP contribution < -0.4 is 4.74 Å². The molecule has 7 heteroatoms. The van der Waals surface area contributed by atoms with Gasteiger partial charge in [0.05, 0.1) is 20.1 Å². The van der Waals surface area contributed by atoms with Crippen molar-refractivity contribution in [2.45, 2.75) is 23.3 Å². The van der Waals surface area contributed by atoms with Crippen LogP contribution in [0.4, 0.5) is 0 Å². The first-order valence-corrected chi connectivity index (χ1v) is 7.41. The molecule has 21 heavy (non-hydrogen) atoms. The predicted molar refractivity (Wildman–Crippen MR) is 75.3 cm³/mol. The minimum absolute atomic E-state index is 0.215. The topological polar surface area (TPSA) is 74.5 Å². The summed E-state index contributed by atoms with van der Waals surface area (Å²) >= 11 is 1.26. The molecule has 0 saturated carbocycles. The number of carbonyl (C=O) groups excluding carboxylic acids is 1. The number of carbonyl (C=O) groups is 1. The fourth-order valence-corrected chi connectivity index (χ4v) is 2.87. The maximum Gasteiger partial charge on any atom is 0.319 e. The van der Waals surface area contributed by atoms with Gasteiger partial charge in [-0.3, -0.25) is 4.79 Å². The van der Waals surface area contributed by atoms with Crippen molar-refractivity contribution in [3.8, 4) is 5.75 Å². The van der Waals surface area contributed by atoms with Gasteiger partial charge < -0.3 is 13.9 Å². The van der Waals surface area contributed by atoms with Crippen LogP contribution in [0.3, 0.4) is 0 Å². The van der Waals surface area contributed by atoms with Gasteiger partial charge in [-0.05, 0) is 29.5 Å². The Hall–Kier alpha value is -2.02. The van der Waals surface area contributed by atoms with Crippen LogP contribution in [-0.4, -0.2) is 35.1 Å². The molecular weight excluding hydrogens is 292 g/mol. The summed E-state index contributed by atoms with van der Waals surface area (Å²) in [6, 6.07) is 7.68. The molecule has 1 fully saturated rings. The van der Waals surface area contributed by atoms with Gasteiger partial charge in [-0.25, -0.2) is 0 Å². The third-order valence-corrected chi connectivity index (χ3v) is 4.15. The number of rotatable bonds is 5. The molecule has 0 bridgehead atoms. The number of hydrogen-bond donors (Lipinski definition) is 0. The maximum absolute atomic E-state index is 11.4. The van der Waals surface area contributed by atoms with Crippen molar-refractivity contribution >= 4 is 17.7 Å². The molecule has 2 heterocycles. The molecule has 0 radical (unpaired) electrons. The van der Waals surface area contributed by atoms with Crippen LogP contribution in [-0.2, 0) is 16.0 Å². The zero-order chi connectivity index (χ0) is 14.7. The van der Waals surface area contributed by atoms with Gasteiger partial charge in [0.1, 0.15) is 11.0 Å². The standard InChI is InChI=1S/C14H14N2O4S/c1-18-10-4-2-3-9(7-10)8-12-15-16-14(20-12)21-11-5-6-19-13(11)17/h2-4,7,11H,5-6,8H2,1H3/t11-/m1/s1. The summed E-state index contributed by atoms with van der Waals surface area (Å²) < 4.78 is 15.6. The lowest BCUT2D eigenvalue weighted by atomic mass is 10.1. The molecule has 1 aromatic heterocycles. The monoisotopic (exact) mass is 306 g/mol. The van der Waals surface area contributed by atoms with Crippen LogP contribution in [0, 0.1) is 0 Å².